The lowest BCUT2D eigenvalue weighted by atomic mass is 10.1. The van der Waals surface area contributed by atoms with E-state index in [0.29, 0.717) is 11.6 Å². The van der Waals surface area contributed by atoms with E-state index in [9.17, 15) is 0 Å². The van der Waals surface area contributed by atoms with E-state index in [2.05, 4.69) is 34.9 Å². The third-order valence-electron chi connectivity index (χ3n) is 4.53. The van der Waals surface area contributed by atoms with Crippen molar-refractivity contribution in [1.29, 1.82) is 0 Å². The number of hydrogen-bond donors (Lipinski definition) is 0. The minimum absolute atomic E-state index is 0.593. The van der Waals surface area contributed by atoms with Crippen molar-refractivity contribution < 1.29 is 0 Å². The normalized spacial score (nSPS) is 10.7. The molecule has 0 bridgehead atoms. The minimum atomic E-state index is 0.593. The molecule has 0 fully saturated rings. The van der Waals surface area contributed by atoms with Gasteiger partial charge in [0, 0.05) is 47.0 Å². The van der Waals surface area contributed by atoms with Gasteiger partial charge in [-0.3, -0.25) is 19.9 Å². The van der Waals surface area contributed by atoms with Gasteiger partial charge in [0.05, 0.1) is 23.8 Å². The van der Waals surface area contributed by atoms with Gasteiger partial charge >= 0.3 is 0 Å². The van der Waals surface area contributed by atoms with Crippen LogP contribution in [-0.4, -0.2) is 34.9 Å². The molecule has 0 radical (unpaired) electrons. The van der Waals surface area contributed by atoms with E-state index in [1.54, 1.807) is 37.2 Å². The Hall–Kier alpha value is -4.39. The van der Waals surface area contributed by atoms with Gasteiger partial charge in [-0.2, -0.15) is 0 Å². The lowest BCUT2D eigenvalue weighted by Crippen LogP contribution is -1.96. The summed E-state index contributed by atoms with van der Waals surface area (Å²) < 4.78 is 0. The Morgan fingerprint density at radius 2 is 1.00 bits per heavy atom. The summed E-state index contributed by atoms with van der Waals surface area (Å²) in [4.78, 5) is 30.4. The van der Waals surface area contributed by atoms with Gasteiger partial charge in [-0.25, -0.2) is 15.0 Å². The highest BCUT2D eigenvalue weighted by Crippen LogP contribution is 2.26. The molecule has 0 spiro atoms. The molecule has 0 aliphatic heterocycles. The summed E-state index contributed by atoms with van der Waals surface area (Å²) in [5, 5.41) is 0. The van der Waals surface area contributed by atoms with E-state index in [4.69, 9.17) is 0 Å². The smallest absolute Gasteiger partial charge is 0.163 e. The topological polar surface area (TPSA) is 90.2 Å². The Morgan fingerprint density at radius 1 is 0.500 bits per heavy atom. The second kappa shape index (κ2) is 7.92. The molecule has 5 rings (SSSR count). The van der Waals surface area contributed by atoms with Crippen molar-refractivity contribution >= 4 is 0 Å². The van der Waals surface area contributed by atoms with Gasteiger partial charge in [0.1, 0.15) is 6.33 Å². The van der Waals surface area contributed by atoms with Crippen molar-refractivity contribution in [2.75, 3.05) is 0 Å². The average molecular weight is 389 g/mol. The van der Waals surface area contributed by atoms with Crippen LogP contribution in [0.25, 0.3) is 45.3 Å². The van der Waals surface area contributed by atoms with Crippen LogP contribution in [0.3, 0.4) is 0 Å². The number of hydrogen-bond acceptors (Lipinski definition) is 7. The number of benzene rings is 2. The van der Waals surface area contributed by atoms with Crippen LogP contribution in [0.5, 0.6) is 0 Å². The van der Waals surface area contributed by atoms with E-state index in [-0.39, 0.29) is 0 Å². The second-order valence-electron chi connectivity index (χ2n) is 6.48. The van der Waals surface area contributed by atoms with Crippen molar-refractivity contribution in [2.45, 2.75) is 0 Å². The maximum atomic E-state index is 4.69. The zero-order chi connectivity index (χ0) is 20.2. The van der Waals surface area contributed by atoms with Gasteiger partial charge in [0.2, 0.25) is 0 Å². The fraction of sp³-hybridized carbons (Fsp3) is 0. The van der Waals surface area contributed by atoms with Crippen LogP contribution in [0.1, 0.15) is 0 Å². The van der Waals surface area contributed by atoms with Gasteiger partial charge in [-0.1, -0.05) is 36.4 Å². The van der Waals surface area contributed by atoms with Crippen molar-refractivity contribution in [2.24, 2.45) is 0 Å². The molecule has 0 N–H and O–H groups in total. The van der Waals surface area contributed by atoms with Crippen molar-refractivity contribution in [3.05, 3.63) is 92.0 Å². The third-order valence-corrected chi connectivity index (χ3v) is 4.53. The number of aromatic nitrogens is 7. The molecule has 2 aromatic carbocycles. The lowest BCUT2D eigenvalue weighted by molar-refractivity contribution is 1.06. The molecule has 3 aromatic heterocycles. The lowest BCUT2D eigenvalue weighted by Gasteiger charge is -2.07. The standard InChI is InChI=1S/C23H15N7/c1-3-16(20-13-24-7-9-26-20)11-18(5-1)22-28-15-29-23(30-22)19-6-2-4-17(12-19)21-14-25-8-10-27-21/h1-15H. The Balaban J connectivity index is 1.52. The molecular weight excluding hydrogens is 374 g/mol. The van der Waals surface area contributed by atoms with Gasteiger partial charge < -0.3 is 0 Å². The quantitative estimate of drug-likeness (QED) is 0.457. The fourth-order valence-electron chi connectivity index (χ4n) is 3.11. The molecule has 3 heterocycles. The summed E-state index contributed by atoms with van der Waals surface area (Å²) in [5.41, 5.74) is 5.26. The molecule has 142 valence electrons. The third kappa shape index (κ3) is 3.64. The number of nitrogens with zero attached hydrogens (tertiary/aromatic N) is 7. The Morgan fingerprint density at radius 3 is 1.47 bits per heavy atom. The SMILES string of the molecule is c1cc(-c2cnccn2)cc(-c2ncnc(-c3cccc(-c4cnccn4)c3)n2)c1. The molecule has 0 saturated carbocycles. The van der Waals surface area contributed by atoms with Gasteiger partial charge in [-0.15, -0.1) is 0 Å². The monoisotopic (exact) mass is 389 g/mol. The van der Waals surface area contributed by atoms with Gasteiger partial charge in [0.15, 0.2) is 11.6 Å². The van der Waals surface area contributed by atoms with Crippen LogP contribution in [-0.2, 0) is 0 Å². The van der Waals surface area contributed by atoms with Crippen molar-refractivity contribution in [1.82, 2.24) is 34.9 Å². The van der Waals surface area contributed by atoms with Crippen LogP contribution in [0, 0.1) is 0 Å². The highest BCUT2D eigenvalue weighted by molar-refractivity contribution is 5.70. The van der Waals surface area contributed by atoms with Crippen LogP contribution in [0.15, 0.2) is 92.0 Å². The molecule has 30 heavy (non-hydrogen) atoms. The molecule has 0 atom stereocenters. The summed E-state index contributed by atoms with van der Waals surface area (Å²) in [6.45, 7) is 0. The molecular formula is C23H15N7. The predicted octanol–water partition coefficient (Wildman–Crippen LogP) is 4.12. The molecule has 0 saturated heterocycles. The van der Waals surface area contributed by atoms with E-state index < -0.39 is 0 Å². The van der Waals surface area contributed by atoms with Gasteiger partial charge in [-0.05, 0) is 12.1 Å². The summed E-state index contributed by atoms with van der Waals surface area (Å²) in [7, 11) is 0. The van der Waals surface area contributed by atoms with E-state index in [1.165, 1.54) is 6.33 Å². The van der Waals surface area contributed by atoms with Crippen LogP contribution < -0.4 is 0 Å². The molecule has 0 aliphatic carbocycles. The van der Waals surface area contributed by atoms with Crippen molar-refractivity contribution in [3.8, 4) is 45.3 Å². The highest BCUT2D eigenvalue weighted by atomic mass is 15.0. The van der Waals surface area contributed by atoms with Crippen LogP contribution in [0.2, 0.25) is 0 Å². The van der Waals surface area contributed by atoms with Crippen molar-refractivity contribution in [3.63, 3.8) is 0 Å². The first-order valence-corrected chi connectivity index (χ1v) is 9.29. The highest BCUT2D eigenvalue weighted by Gasteiger charge is 2.09. The van der Waals surface area contributed by atoms with E-state index in [1.807, 2.05) is 48.5 Å². The minimum Gasteiger partial charge on any atom is -0.261 e. The number of rotatable bonds is 4. The Bertz CT molecular complexity index is 1190. The first-order chi connectivity index (χ1) is 14.9. The summed E-state index contributed by atoms with van der Waals surface area (Å²) >= 11 is 0. The van der Waals surface area contributed by atoms with E-state index >= 15 is 0 Å². The predicted molar refractivity (Wildman–Crippen MR) is 113 cm³/mol. The first kappa shape index (κ1) is 17.7. The molecule has 0 aliphatic rings. The molecule has 7 heteroatoms. The maximum absolute atomic E-state index is 4.69. The van der Waals surface area contributed by atoms with Crippen LogP contribution >= 0.6 is 0 Å². The average Bonchev–Trinajstić information content (AvgIpc) is 2.85. The summed E-state index contributed by atoms with van der Waals surface area (Å²) in [6.07, 6.45) is 11.6. The molecule has 7 nitrogen and oxygen atoms in total. The Labute approximate surface area is 172 Å². The summed E-state index contributed by atoms with van der Waals surface area (Å²) in [5.74, 6) is 1.19. The first-order valence-electron chi connectivity index (χ1n) is 9.29. The summed E-state index contributed by atoms with van der Waals surface area (Å²) in [6, 6.07) is 15.8. The molecule has 0 unspecified atom stereocenters. The molecule has 0 amide bonds. The fourth-order valence-corrected chi connectivity index (χ4v) is 3.11. The zero-order valence-electron chi connectivity index (χ0n) is 15.8. The van der Waals surface area contributed by atoms with E-state index in [0.717, 1.165) is 33.6 Å². The van der Waals surface area contributed by atoms with Crippen LogP contribution in [0.4, 0.5) is 0 Å². The second-order valence-corrected chi connectivity index (χ2v) is 6.48. The maximum Gasteiger partial charge on any atom is 0.163 e. The largest absolute Gasteiger partial charge is 0.261 e. The zero-order valence-corrected chi connectivity index (χ0v) is 15.8. The molecule has 5 aromatic rings. The Kier molecular flexibility index (Phi) is 4.67. The van der Waals surface area contributed by atoms with Gasteiger partial charge in [0.25, 0.3) is 0 Å².